The molecule has 3 spiro atoms. The summed E-state index contributed by atoms with van der Waals surface area (Å²) < 4.78 is 27.3. The van der Waals surface area contributed by atoms with Crippen LogP contribution in [0.15, 0.2) is 30.5 Å². The fraction of sp³-hybridized carbons (Fsp3) is 0.774. The molecule has 1 aromatic heterocycles. The van der Waals surface area contributed by atoms with Gasteiger partial charge in [0.05, 0.1) is 11.0 Å². The van der Waals surface area contributed by atoms with Crippen LogP contribution in [0.4, 0.5) is 0 Å². The molecule has 10 nitrogen and oxygen atoms in total. The zero-order valence-corrected chi connectivity index (χ0v) is 24.8. The van der Waals surface area contributed by atoms with Gasteiger partial charge in [0.1, 0.15) is 28.6 Å². The summed E-state index contributed by atoms with van der Waals surface area (Å²) in [5, 5.41) is 51.5. The van der Waals surface area contributed by atoms with E-state index in [0.717, 1.165) is 32.1 Å². The van der Waals surface area contributed by atoms with Gasteiger partial charge in [-0.05, 0) is 49.2 Å². The molecule has 0 amide bonds. The van der Waals surface area contributed by atoms with Crippen LogP contribution < -0.4 is 0 Å². The molecule has 8 fully saturated rings. The molecular weight excluding hydrogens is 541 g/mol. The second kappa shape index (κ2) is 7.73. The Labute approximate surface area is 245 Å². The summed E-state index contributed by atoms with van der Waals surface area (Å²) in [4.78, 5) is 16.6. The Morgan fingerprint density at radius 3 is 2.50 bits per heavy atom. The van der Waals surface area contributed by atoms with Crippen LogP contribution >= 0.6 is 0 Å². The molecule has 8 aliphatic rings. The first-order valence-electron chi connectivity index (χ1n) is 15.6. The van der Waals surface area contributed by atoms with Gasteiger partial charge >= 0.3 is 13.1 Å². The largest absolute Gasteiger partial charge is 0.461 e. The first kappa shape index (κ1) is 27.8. The highest BCUT2D eigenvalue weighted by atomic mass is 16.7. The number of aliphatic hydroxyl groups excluding tert-OH is 1. The second-order valence-corrected chi connectivity index (χ2v) is 14.9. The first-order valence-corrected chi connectivity index (χ1v) is 15.6. The van der Waals surface area contributed by atoms with E-state index in [-0.39, 0.29) is 17.9 Å². The summed E-state index contributed by atoms with van der Waals surface area (Å²) in [7, 11) is -0.802. The summed E-state index contributed by atoms with van der Waals surface area (Å²) in [6, 6.07) is 3.26. The van der Waals surface area contributed by atoms with E-state index in [1.54, 1.807) is 39.1 Å². The average molecular weight is 583 g/mol. The van der Waals surface area contributed by atoms with Crippen LogP contribution in [0.3, 0.4) is 0 Å². The fourth-order valence-electron chi connectivity index (χ4n) is 11.8. The molecule has 10 atom stereocenters. The molecule has 11 heteroatoms. The first-order chi connectivity index (χ1) is 19.7. The number of nitrogens with one attached hydrogen (secondary N) is 1. The van der Waals surface area contributed by atoms with E-state index in [1.165, 1.54) is 0 Å². The van der Waals surface area contributed by atoms with Gasteiger partial charge < -0.3 is 44.2 Å². The number of hydrogen-bond acceptors (Lipinski definition) is 9. The SMILES string of the molecule is C=C1CC[C@@]23OB(C4CCCCC4)O[C@@]45[C@H](OC(=O)c6ccc[nH]6)[C@](O)(C(C)C)[C@]6(C)[C@]4(O)[C@@]2(O[C@@]6(O)C[C@@]35C)[C@@H]1O. The lowest BCUT2D eigenvalue weighted by Crippen LogP contribution is -2.78. The minimum atomic E-state index is -2.25. The van der Waals surface area contributed by atoms with Crippen LogP contribution in [0, 0.1) is 16.7 Å². The third-order valence-corrected chi connectivity index (χ3v) is 13.5. The van der Waals surface area contributed by atoms with E-state index in [4.69, 9.17) is 18.8 Å². The topological polar surface area (TPSA) is 151 Å². The van der Waals surface area contributed by atoms with Crippen molar-refractivity contribution in [2.24, 2.45) is 16.7 Å². The van der Waals surface area contributed by atoms with E-state index in [1.807, 2.05) is 6.92 Å². The van der Waals surface area contributed by atoms with Gasteiger partial charge in [-0.2, -0.15) is 0 Å². The summed E-state index contributed by atoms with van der Waals surface area (Å²) >= 11 is 0. The Bertz CT molecular complexity index is 1380. The lowest BCUT2D eigenvalue weighted by atomic mass is 9.50. The molecule has 228 valence electrons. The number of aliphatic hydroxyl groups is 4. The molecule has 42 heavy (non-hydrogen) atoms. The molecule has 3 saturated heterocycles. The number of ether oxygens (including phenoxy) is 2. The Kier molecular flexibility index (Phi) is 5.12. The number of hydrogen-bond donors (Lipinski definition) is 5. The molecule has 0 radical (unpaired) electrons. The van der Waals surface area contributed by atoms with Gasteiger partial charge in [-0.15, -0.1) is 0 Å². The highest BCUT2D eigenvalue weighted by Gasteiger charge is 3.12. The Balaban J connectivity index is 1.45. The Morgan fingerprint density at radius 2 is 1.86 bits per heavy atom. The van der Waals surface area contributed by atoms with E-state index in [2.05, 4.69) is 11.6 Å². The molecule has 5 saturated carbocycles. The van der Waals surface area contributed by atoms with Crippen molar-refractivity contribution in [2.75, 3.05) is 0 Å². The number of esters is 1. The molecule has 7 bridgehead atoms. The summed E-state index contributed by atoms with van der Waals surface area (Å²) in [6.07, 6.45) is 4.31. The van der Waals surface area contributed by atoms with Crippen LogP contribution in [-0.2, 0) is 18.8 Å². The van der Waals surface area contributed by atoms with E-state index in [0.29, 0.717) is 18.4 Å². The number of carbonyl (C=O) groups is 1. The minimum absolute atomic E-state index is 0.00383. The van der Waals surface area contributed by atoms with Crippen LogP contribution in [0.25, 0.3) is 0 Å². The van der Waals surface area contributed by atoms with E-state index >= 15 is 0 Å². The van der Waals surface area contributed by atoms with Gasteiger partial charge in [0.15, 0.2) is 17.5 Å². The van der Waals surface area contributed by atoms with Gasteiger partial charge in [0.2, 0.25) is 0 Å². The predicted molar refractivity (Wildman–Crippen MR) is 149 cm³/mol. The number of carbonyl (C=O) groups excluding carboxylic acids is 1. The monoisotopic (exact) mass is 583 g/mol. The molecular formula is C31H42BNO9. The third kappa shape index (κ3) is 2.26. The predicted octanol–water partition coefficient (Wildman–Crippen LogP) is 2.62. The Hall–Kier alpha value is -1.73. The van der Waals surface area contributed by atoms with Crippen molar-refractivity contribution in [3.63, 3.8) is 0 Å². The summed E-state index contributed by atoms with van der Waals surface area (Å²) in [6.45, 7) is 11.2. The van der Waals surface area contributed by atoms with Crippen LogP contribution in [0.1, 0.15) is 89.5 Å². The lowest BCUT2D eigenvalue weighted by Gasteiger charge is -2.66. The highest BCUT2D eigenvalue weighted by Crippen LogP contribution is 2.93. The van der Waals surface area contributed by atoms with Gasteiger partial charge in [0.25, 0.3) is 0 Å². The molecule has 1 aromatic rings. The number of H-pyrrole nitrogens is 1. The van der Waals surface area contributed by atoms with Crippen molar-refractivity contribution in [3.8, 4) is 0 Å². The van der Waals surface area contributed by atoms with Crippen molar-refractivity contribution >= 4 is 13.1 Å². The third-order valence-electron chi connectivity index (χ3n) is 13.5. The van der Waals surface area contributed by atoms with Crippen LogP contribution in [-0.4, -0.2) is 84.5 Å². The zero-order chi connectivity index (χ0) is 29.9. The molecule has 4 heterocycles. The fourth-order valence-corrected chi connectivity index (χ4v) is 11.8. The zero-order valence-electron chi connectivity index (χ0n) is 24.8. The van der Waals surface area contributed by atoms with Crippen LogP contribution in [0.2, 0.25) is 5.82 Å². The maximum Gasteiger partial charge on any atom is 0.461 e. The molecule has 5 aliphatic carbocycles. The maximum absolute atomic E-state index is 13.8. The van der Waals surface area contributed by atoms with Crippen molar-refractivity contribution in [2.45, 2.75) is 131 Å². The van der Waals surface area contributed by atoms with Gasteiger partial charge in [0, 0.05) is 18.0 Å². The van der Waals surface area contributed by atoms with Gasteiger partial charge in [-0.25, -0.2) is 4.79 Å². The number of rotatable bonds is 4. The molecule has 9 rings (SSSR count). The van der Waals surface area contributed by atoms with Crippen LogP contribution in [0.5, 0.6) is 0 Å². The quantitative estimate of drug-likeness (QED) is 0.205. The molecule has 0 unspecified atom stereocenters. The maximum atomic E-state index is 13.8. The normalized spacial score (nSPS) is 54.1. The summed E-state index contributed by atoms with van der Waals surface area (Å²) in [5.41, 5.74) is -11.8. The van der Waals surface area contributed by atoms with Gasteiger partial charge in [-0.3, -0.25) is 0 Å². The molecule has 0 aromatic carbocycles. The summed E-state index contributed by atoms with van der Waals surface area (Å²) in [5.74, 6) is -3.47. The van der Waals surface area contributed by atoms with Gasteiger partial charge in [-0.1, -0.05) is 59.5 Å². The lowest BCUT2D eigenvalue weighted by molar-refractivity contribution is -0.388. The van der Waals surface area contributed by atoms with Crippen molar-refractivity contribution in [1.29, 1.82) is 0 Å². The minimum Gasteiger partial charge on any atom is -0.451 e. The highest BCUT2D eigenvalue weighted by molar-refractivity contribution is 6.47. The van der Waals surface area contributed by atoms with E-state index < -0.39 is 75.8 Å². The second-order valence-electron chi connectivity index (χ2n) is 14.9. The smallest absolute Gasteiger partial charge is 0.451 e. The number of aromatic amines is 1. The number of aromatic nitrogens is 1. The van der Waals surface area contributed by atoms with Crippen molar-refractivity contribution in [3.05, 3.63) is 36.2 Å². The molecule has 5 N–H and O–H groups in total. The Morgan fingerprint density at radius 1 is 1.14 bits per heavy atom. The average Bonchev–Trinajstić information content (AvgIpc) is 3.56. The van der Waals surface area contributed by atoms with Crippen molar-refractivity contribution < 1.29 is 44.0 Å². The van der Waals surface area contributed by atoms with E-state index in [9.17, 15) is 25.2 Å². The standard InChI is InChI=1S/C31H42BNO9/c1-17(2)28(37)23(39-22(35)20-12-9-15-33-20)30-24(4)16-27(36)25(28,5)31(30,38)29(40-27)21(34)18(3)13-14-26(24,29)41-32(42-30)19-10-7-6-8-11-19/h9,12,15,17,19,21,23,33-34,36-38H,3,6-8,10-11,13-14,16H2,1-2,4-5H3/t21-,23-,24+,25-,26+,27+,28-,29-,30-,31+/m1/s1. The van der Waals surface area contributed by atoms with Crippen molar-refractivity contribution in [1.82, 2.24) is 4.98 Å². The molecule has 3 aliphatic heterocycles.